The lowest BCUT2D eigenvalue weighted by Gasteiger charge is -1.92. The molecule has 2 N–H and O–H groups in total. The van der Waals surface area contributed by atoms with E-state index in [2.05, 4.69) is 36.4 Å². The summed E-state index contributed by atoms with van der Waals surface area (Å²) in [6, 6.07) is 20.6. The summed E-state index contributed by atoms with van der Waals surface area (Å²) in [4.78, 5) is 14.3. The Morgan fingerprint density at radius 1 is 0.722 bits per heavy atom. The SMILES string of the molecule is C(=Cc1ccccc1)c1ccccc1.O=[PH](O)O. The molecule has 0 radical (unpaired) electrons. The highest BCUT2D eigenvalue weighted by Crippen LogP contribution is 2.06. The fourth-order valence-corrected chi connectivity index (χ4v) is 1.32. The van der Waals surface area contributed by atoms with E-state index < -0.39 is 8.25 Å². The predicted octanol–water partition coefficient (Wildman–Crippen LogP) is 3.22. The first-order valence-corrected chi connectivity index (χ1v) is 6.69. The number of hydrogen-bond acceptors (Lipinski definition) is 1. The van der Waals surface area contributed by atoms with Crippen molar-refractivity contribution in [1.29, 1.82) is 0 Å². The van der Waals surface area contributed by atoms with Gasteiger partial charge >= 0.3 is 8.25 Å². The van der Waals surface area contributed by atoms with Crippen molar-refractivity contribution in [3.63, 3.8) is 0 Å². The van der Waals surface area contributed by atoms with Crippen molar-refractivity contribution in [3.8, 4) is 0 Å². The Morgan fingerprint density at radius 3 is 1.28 bits per heavy atom. The van der Waals surface area contributed by atoms with Gasteiger partial charge in [0.2, 0.25) is 0 Å². The van der Waals surface area contributed by atoms with Gasteiger partial charge in [-0.2, -0.15) is 0 Å². The maximum Gasteiger partial charge on any atom is 0.314 e. The maximum atomic E-state index is 8.74. The molecule has 2 aromatic rings. The molecule has 0 aliphatic carbocycles. The average Bonchev–Trinajstić information content (AvgIpc) is 2.38. The van der Waals surface area contributed by atoms with Crippen molar-refractivity contribution in [1.82, 2.24) is 0 Å². The van der Waals surface area contributed by atoms with Crippen molar-refractivity contribution >= 4 is 20.4 Å². The molecular weight excluding hydrogens is 247 g/mol. The standard InChI is InChI=1S/C14H12.H3O3P/c1-3-7-13(8-4-1)11-12-14-9-5-2-6-10-14;1-4(2)3/h1-12H;4H,(H2,1,2,3). The highest BCUT2D eigenvalue weighted by atomic mass is 31.1. The second-order valence-corrected chi connectivity index (χ2v) is 4.00. The normalized spacial score (nSPS) is 10.2. The number of hydrogen-bond donors (Lipinski definition) is 2. The van der Waals surface area contributed by atoms with Crippen LogP contribution in [0.4, 0.5) is 0 Å². The Labute approximate surface area is 107 Å². The topological polar surface area (TPSA) is 57.5 Å². The molecule has 0 aliphatic rings. The summed E-state index contributed by atoms with van der Waals surface area (Å²) in [5.41, 5.74) is 2.47. The molecule has 4 heteroatoms. The van der Waals surface area contributed by atoms with Crippen LogP contribution in [-0.2, 0) is 4.57 Å². The van der Waals surface area contributed by atoms with Gasteiger partial charge in [0.25, 0.3) is 0 Å². The summed E-state index contributed by atoms with van der Waals surface area (Å²) in [6.45, 7) is 0. The first kappa shape index (κ1) is 14.4. The third-order valence-electron chi connectivity index (χ3n) is 2.07. The first-order chi connectivity index (χ1) is 8.68. The van der Waals surface area contributed by atoms with E-state index in [4.69, 9.17) is 14.4 Å². The minimum atomic E-state index is -3.13. The molecule has 0 atom stereocenters. The lowest BCUT2D eigenvalue weighted by Crippen LogP contribution is -1.70. The van der Waals surface area contributed by atoms with Gasteiger partial charge in [-0.25, -0.2) is 0 Å². The van der Waals surface area contributed by atoms with Crippen LogP contribution < -0.4 is 0 Å². The van der Waals surface area contributed by atoms with Crippen LogP contribution in [0.25, 0.3) is 12.2 Å². The van der Waals surface area contributed by atoms with Gasteiger partial charge in [-0.05, 0) is 11.1 Å². The summed E-state index contributed by atoms with van der Waals surface area (Å²) in [5.74, 6) is 0. The largest absolute Gasteiger partial charge is 0.326 e. The van der Waals surface area contributed by atoms with Crippen LogP contribution in [0.5, 0.6) is 0 Å². The number of benzene rings is 2. The Morgan fingerprint density at radius 2 is 1.00 bits per heavy atom. The third-order valence-corrected chi connectivity index (χ3v) is 2.07. The Balaban J connectivity index is 0.000000357. The summed E-state index contributed by atoms with van der Waals surface area (Å²) >= 11 is 0. The van der Waals surface area contributed by atoms with Crippen LogP contribution >= 0.6 is 8.25 Å². The second kappa shape index (κ2) is 8.43. The molecule has 0 bridgehead atoms. The van der Waals surface area contributed by atoms with Gasteiger partial charge in [-0.1, -0.05) is 72.8 Å². The molecule has 0 heterocycles. The van der Waals surface area contributed by atoms with Gasteiger partial charge in [0.1, 0.15) is 0 Å². The van der Waals surface area contributed by atoms with Gasteiger partial charge in [-0.3, -0.25) is 4.57 Å². The zero-order valence-electron chi connectivity index (χ0n) is 9.73. The Bertz CT molecular complexity index is 449. The van der Waals surface area contributed by atoms with Crippen LogP contribution in [0, 0.1) is 0 Å². The summed E-state index contributed by atoms with van der Waals surface area (Å²) in [7, 11) is -3.13. The maximum absolute atomic E-state index is 8.74. The van der Waals surface area contributed by atoms with Gasteiger partial charge in [0.05, 0.1) is 0 Å². The van der Waals surface area contributed by atoms with Crippen molar-refractivity contribution in [2.75, 3.05) is 0 Å². The van der Waals surface area contributed by atoms with E-state index in [-0.39, 0.29) is 0 Å². The molecular formula is C14H15O3P. The lowest BCUT2D eigenvalue weighted by atomic mass is 10.1. The fraction of sp³-hybridized carbons (Fsp3) is 0. The molecule has 2 aromatic carbocycles. The van der Waals surface area contributed by atoms with Crippen LogP contribution in [-0.4, -0.2) is 9.79 Å². The summed E-state index contributed by atoms with van der Waals surface area (Å²) in [6.07, 6.45) is 4.24. The fourth-order valence-electron chi connectivity index (χ4n) is 1.32. The van der Waals surface area contributed by atoms with Crippen molar-refractivity contribution < 1.29 is 14.4 Å². The number of rotatable bonds is 2. The monoisotopic (exact) mass is 262 g/mol. The zero-order chi connectivity index (χ0) is 13.2. The smallest absolute Gasteiger partial charge is 0.314 e. The third kappa shape index (κ3) is 6.81. The van der Waals surface area contributed by atoms with Gasteiger partial charge < -0.3 is 9.79 Å². The Kier molecular flexibility index (Phi) is 6.74. The molecule has 94 valence electrons. The van der Waals surface area contributed by atoms with Gasteiger partial charge in [0, 0.05) is 0 Å². The molecule has 0 fully saturated rings. The van der Waals surface area contributed by atoms with E-state index in [0.717, 1.165) is 0 Å². The quantitative estimate of drug-likeness (QED) is 0.645. The molecule has 0 amide bonds. The highest BCUT2D eigenvalue weighted by molar-refractivity contribution is 7.30. The van der Waals surface area contributed by atoms with Crippen LogP contribution in [0.1, 0.15) is 11.1 Å². The molecule has 0 spiro atoms. The molecule has 2 rings (SSSR count). The molecule has 0 unspecified atom stereocenters. The van der Waals surface area contributed by atoms with Crippen molar-refractivity contribution in [3.05, 3.63) is 71.8 Å². The average molecular weight is 262 g/mol. The molecule has 18 heavy (non-hydrogen) atoms. The van der Waals surface area contributed by atoms with Crippen LogP contribution in [0.15, 0.2) is 60.7 Å². The van der Waals surface area contributed by atoms with E-state index in [1.54, 1.807) is 0 Å². The van der Waals surface area contributed by atoms with Crippen LogP contribution in [0.2, 0.25) is 0 Å². The molecule has 3 nitrogen and oxygen atoms in total. The minimum absolute atomic E-state index is 1.23. The van der Waals surface area contributed by atoms with Gasteiger partial charge in [0.15, 0.2) is 0 Å². The minimum Gasteiger partial charge on any atom is -0.326 e. The van der Waals surface area contributed by atoms with Crippen molar-refractivity contribution in [2.45, 2.75) is 0 Å². The molecule has 0 aliphatic heterocycles. The predicted molar refractivity (Wildman–Crippen MR) is 75.3 cm³/mol. The summed E-state index contributed by atoms with van der Waals surface area (Å²) in [5, 5.41) is 0. The second-order valence-electron chi connectivity index (χ2n) is 3.44. The zero-order valence-corrected chi connectivity index (χ0v) is 10.7. The van der Waals surface area contributed by atoms with Gasteiger partial charge in [-0.15, -0.1) is 0 Å². The molecule has 0 aromatic heterocycles. The lowest BCUT2D eigenvalue weighted by molar-refractivity contribution is 0.405. The molecule has 0 saturated heterocycles. The van der Waals surface area contributed by atoms with E-state index in [0.29, 0.717) is 0 Å². The van der Waals surface area contributed by atoms with E-state index in [1.165, 1.54) is 11.1 Å². The van der Waals surface area contributed by atoms with E-state index >= 15 is 0 Å². The van der Waals surface area contributed by atoms with E-state index in [9.17, 15) is 0 Å². The van der Waals surface area contributed by atoms with Crippen molar-refractivity contribution in [2.24, 2.45) is 0 Å². The highest BCUT2D eigenvalue weighted by Gasteiger charge is 1.84. The molecule has 0 saturated carbocycles. The van der Waals surface area contributed by atoms with Crippen LogP contribution in [0.3, 0.4) is 0 Å². The first-order valence-electron chi connectivity index (χ1n) is 5.38. The van der Waals surface area contributed by atoms with E-state index in [1.807, 2.05) is 36.4 Å². The summed E-state index contributed by atoms with van der Waals surface area (Å²) < 4.78 is 8.74. The Hall–Kier alpha value is -1.67.